The highest BCUT2D eigenvalue weighted by Crippen LogP contribution is 2.24. The smallest absolute Gasteiger partial charge is 0.241 e. The third kappa shape index (κ3) is 5.70. The van der Waals surface area contributed by atoms with E-state index in [0.29, 0.717) is 24.6 Å². The normalized spacial score (nSPS) is 19.8. The molecule has 1 aromatic rings. The van der Waals surface area contributed by atoms with E-state index in [1.54, 1.807) is 65.9 Å². The molecular weight excluding hydrogens is 412 g/mol. The lowest BCUT2D eigenvalue weighted by atomic mass is 10.1. The second-order valence-electron chi connectivity index (χ2n) is 8.86. The van der Waals surface area contributed by atoms with Crippen LogP contribution in [-0.2, 0) is 26.4 Å². The van der Waals surface area contributed by atoms with Crippen LogP contribution in [0.4, 0.5) is 0 Å². The maximum atomic E-state index is 12.8. The fourth-order valence-electron chi connectivity index (χ4n) is 3.20. The predicted octanol–water partition coefficient (Wildman–Crippen LogP) is 1.35. The molecule has 1 aromatic carbocycles. The number of benzene rings is 1. The number of hydrogen-bond donors (Lipinski definition) is 2. The zero-order valence-corrected chi connectivity index (χ0v) is 19.6. The van der Waals surface area contributed by atoms with Crippen LogP contribution in [0.2, 0.25) is 0 Å². The van der Waals surface area contributed by atoms with Gasteiger partial charge in [-0.05, 0) is 46.2 Å². The maximum Gasteiger partial charge on any atom is 0.241 e. The Labute approximate surface area is 174 Å². The number of hydrogen-bond acceptors (Lipinski definition) is 5. The Morgan fingerprint density at radius 2 is 1.86 bits per heavy atom. The molecule has 0 radical (unpaired) electrons. The van der Waals surface area contributed by atoms with Gasteiger partial charge in [-0.15, -0.1) is 0 Å². The first kappa shape index (κ1) is 23.6. The minimum Gasteiger partial charge on any atom is -0.352 e. The lowest BCUT2D eigenvalue weighted by Gasteiger charge is -2.39. The van der Waals surface area contributed by atoms with Crippen molar-refractivity contribution in [1.82, 2.24) is 14.9 Å². The summed E-state index contributed by atoms with van der Waals surface area (Å²) in [4.78, 5) is 6.37. The van der Waals surface area contributed by atoms with Crippen molar-refractivity contribution in [3.8, 4) is 0 Å². The summed E-state index contributed by atoms with van der Waals surface area (Å²) in [5, 5.41) is 3.18. The van der Waals surface area contributed by atoms with Gasteiger partial charge in [-0.3, -0.25) is 4.99 Å². The van der Waals surface area contributed by atoms with Crippen molar-refractivity contribution < 1.29 is 16.8 Å². The SMILES string of the molecule is CN=C(NCc1ccccc1S(=O)(=O)NC(C)(C)C)N1CCS(=O)(=O)C(C)(C)C1. The largest absolute Gasteiger partial charge is 0.352 e. The zero-order chi connectivity index (χ0) is 22.1. The predicted molar refractivity (Wildman–Crippen MR) is 116 cm³/mol. The van der Waals surface area contributed by atoms with Crippen LogP contribution in [0.1, 0.15) is 40.2 Å². The van der Waals surface area contributed by atoms with Gasteiger partial charge in [0.25, 0.3) is 0 Å². The van der Waals surface area contributed by atoms with Crippen molar-refractivity contribution in [3.05, 3.63) is 29.8 Å². The molecule has 1 fully saturated rings. The molecule has 0 amide bonds. The second kappa shape index (κ2) is 8.23. The molecule has 0 unspecified atom stereocenters. The Kier molecular flexibility index (Phi) is 6.71. The van der Waals surface area contributed by atoms with Gasteiger partial charge in [0.1, 0.15) is 0 Å². The van der Waals surface area contributed by atoms with Crippen LogP contribution < -0.4 is 10.0 Å². The van der Waals surface area contributed by atoms with Crippen molar-refractivity contribution in [3.63, 3.8) is 0 Å². The Morgan fingerprint density at radius 3 is 2.41 bits per heavy atom. The van der Waals surface area contributed by atoms with Gasteiger partial charge in [0.15, 0.2) is 15.8 Å². The molecule has 0 bridgehead atoms. The number of sulfonamides is 1. The fraction of sp³-hybridized carbons (Fsp3) is 0.632. The average molecular weight is 445 g/mol. The van der Waals surface area contributed by atoms with E-state index in [0.717, 1.165) is 0 Å². The summed E-state index contributed by atoms with van der Waals surface area (Å²) >= 11 is 0. The molecule has 10 heteroatoms. The monoisotopic (exact) mass is 444 g/mol. The number of nitrogens with one attached hydrogen (secondary N) is 2. The number of guanidine groups is 1. The lowest BCUT2D eigenvalue weighted by Crippen LogP contribution is -2.57. The van der Waals surface area contributed by atoms with E-state index < -0.39 is 30.1 Å². The first-order valence-electron chi connectivity index (χ1n) is 9.48. The molecule has 8 nitrogen and oxygen atoms in total. The van der Waals surface area contributed by atoms with Crippen LogP contribution in [-0.4, -0.2) is 63.9 Å². The molecule has 0 aliphatic carbocycles. The molecule has 2 rings (SSSR count). The molecule has 2 N–H and O–H groups in total. The molecule has 1 aliphatic heterocycles. The highest BCUT2D eigenvalue weighted by atomic mass is 32.2. The Bertz CT molecular complexity index is 978. The van der Waals surface area contributed by atoms with Crippen molar-refractivity contribution in [1.29, 1.82) is 0 Å². The molecule has 29 heavy (non-hydrogen) atoms. The third-order valence-electron chi connectivity index (χ3n) is 4.69. The molecule has 1 saturated heterocycles. The molecular formula is C19H32N4O4S2. The van der Waals surface area contributed by atoms with E-state index in [2.05, 4.69) is 15.0 Å². The van der Waals surface area contributed by atoms with Gasteiger partial charge in [-0.2, -0.15) is 0 Å². The lowest BCUT2D eigenvalue weighted by molar-refractivity contribution is 0.353. The first-order chi connectivity index (χ1) is 13.2. The maximum absolute atomic E-state index is 12.8. The van der Waals surface area contributed by atoms with Gasteiger partial charge >= 0.3 is 0 Å². The highest BCUT2D eigenvalue weighted by molar-refractivity contribution is 7.92. The van der Waals surface area contributed by atoms with E-state index >= 15 is 0 Å². The summed E-state index contributed by atoms with van der Waals surface area (Å²) in [6.45, 7) is 9.71. The quantitative estimate of drug-likeness (QED) is 0.536. The van der Waals surface area contributed by atoms with Gasteiger partial charge in [-0.1, -0.05) is 18.2 Å². The molecule has 0 aromatic heterocycles. The summed E-state index contributed by atoms with van der Waals surface area (Å²) in [7, 11) is -5.22. The Balaban J connectivity index is 2.20. The Morgan fingerprint density at radius 1 is 1.24 bits per heavy atom. The van der Waals surface area contributed by atoms with E-state index in [4.69, 9.17) is 0 Å². The van der Waals surface area contributed by atoms with Crippen molar-refractivity contribution in [2.75, 3.05) is 25.9 Å². The summed E-state index contributed by atoms with van der Waals surface area (Å²) in [5.41, 5.74) is 0.00889. The first-order valence-corrected chi connectivity index (χ1v) is 12.6. The minimum atomic E-state index is -3.68. The van der Waals surface area contributed by atoms with Crippen LogP contribution >= 0.6 is 0 Å². The van der Waals surface area contributed by atoms with Crippen molar-refractivity contribution in [2.24, 2.45) is 4.99 Å². The van der Waals surface area contributed by atoms with Crippen LogP contribution in [0.5, 0.6) is 0 Å². The van der Waals surface area contributed by atoms with Gasteiger partial charge in [-0.25, -0.2) is 21.6 Å². The van der Waals surface area contributed by atoms with E-state index in [9.17, 15) is 16.8 Å². The van der Waals surface area contributed by atoms with Gasteiger partial charge in [0.2, 0.25) is 10.0 Å². The number of nitrogens with zero attached hydrogens (tertiary/aromatic N) is 2. The average Bonchev–Trinajstić information content (AvgIpc) is 2.56. The van der Waals surface area contributed by atoms with Crippen LogP contribution in [0.15, 0.2) is 34.2 Å². The number of aliphatic imine (C=N–C) groups is 1. The molecule has 0 spiro atoms. The fourth-order valence-corrected chi connectivity index (χ4v) is 6.23. The van der Waals surface area contributed by atoms with E-state index in [-0.39, 0.29) is 17.2 Å². The Hall–Kier alpha value is -1.65. The van der Waals surface area contributed by atoms with Crippen LogP contribution in [0, 0.1) is 0 Å². The van der Waals surface area contributed by atoms with Crippen LogP contribution in [0.3, 0.4) is 0 Å². The topological polar surface area (TPSA) is 108 Å². The summed E-state index contributed by atoms with van der Waals surface area (Å²) in [5.74, 6) is 0.602. The van der Waals surface area contributed by atoms with Crippen molar-refractivity contribution >= 4 is 25.8 Å². The number of sulfone groups is 1. The summed E-state index contributed by atoms with van der Waals surface area (Å²) in [6, 6.07) is 6.80. The summed E-state index contributed by atoms with van der Waals surface area (Å²) < 4.78 is 51.9. The van der Waals surface area contributed by atoms with Crippen LogP contribution in [0.25, 0.3) is 0 Å². The number of rotatable bonds is 4. The second-order valence-corrected chi connectivity index (χ2v) is 13.3. The molecule has 0 saturated carbocycles. The van der Waals surface area contributed by atoms with Crippen molar-refractivity contribution in [2.45, 2.75) is 56.3 Å². The molecule has 0 atom stereocenters. The minimum absolute atomic E-state index is 0.0567. The molecule has 164 valence electrons. The molecule has 1 heterocycles. The highest BCUT2D eigenvalue weighted by Gasteiger charge is 2.41. The van der Waals surface area contributed by atoms with Gasteiger partial charge in [0, 0.05) is 32.2 Å². The third-order valence-corrected chi connectivity index (χ3v) is 9.09. The van der Waals surface area contributed by atoms with Gasteiger partial charge < -0.3 is 10.2 Å². The standard InChI is InChI=1S/C19H32N4O4S2/c1-18(2,3)22-29(26,27)16-10-8-7-9-15(16)13-21-17(20-6)23-11-12-28(24,25)19(4,5)14-23/h7-10,22H,11-14H2,1-6H3,(H,20,21). The zero-order valence-electron chi connectivity index (χ0n) is 18.0. The van der Waals surface area contributed by atoms with Gasteiger partial charge in [0.05, 0.1) is 15.4 Å². The summed E-state index contributed by atoms with van der Waals surface area (Å²) in [6.07, 6.45) is 0. The van der Waals surface area contributed by atoms with E-state index in [1.165, 1.54) is 0 Å². The van der Waals surface area contributed by atoms with E-state index in [1.807, 2.05) is 4.90 Å². The molecule has 1 aliphatic rings.